The predicted molar refractivity (Wildman–Crippen MR) is 116 cm³/mol. The van der Waals surface area contributed by atoms with Gasteiger partial charge in [0.15, 0.2) is 5.69 Å². The molecule has 0 saturated carbocycles. The molecule has 0 atom stereocenters. The van der Waals surface area contributed by atoms with Crippen molar-refractivity contribution in [2.45, 2.75) is 13.2 Å². The van der Waals surface area contributed by atoms with E-state index in [0.717, 1.165) is 11.1 Å². The van der Waals surface area contributed by atoms with Gasteiger partial charge in [-0.1, -0.05) is 41.9 Å². The SMILES string of the molecule is O=C(NCc1ccnc(OCc2ccccc2)c1)c1nc(N2CCOCC2)ncc1Cl. The summed E-state index contributed by atoms with van der Waals surface area (Å²) in [5, 5.41) is 3.05. The van der Waals surface area contributed by atoms with Crippen LogP contribution >= 0.6 is 11.6 Å². The van der Waals surface area contributed by atoms with Crippen LogP contribution in [0.3, 0.4) is 0 Å². The van der Waals surface area contributed by atoms with Gasteiger partial charge in [0.05, 0.1) is 24.4 Å². The minimum Gasteiger partial charge on any atom is -0.473 e. The molecular weight excluding hydrogens is 418 g/mol. The van der Waals surface area contributed by atoms with Gasteiger partial charge in [-0.3, -0.25) is 4.79 Å². The van der Waals surface area contributed by atoms with E-state index in [1.54, 1.807) is 12.3 Å². The molecule has 0 aliphatic carbocycles. The highest BCUT2D eigenvalue weighted by molar-refractivity contribution is 6.33. The molecule has 2 aromatic heterocycles. The number of carbonyl (C=O) groups excluding carboxylic acids is 1. The highest BCUT2D eigenvalue weighted by Crippen LogP contribution is 2.18. The first-order valence-corrected chi connectivity index (χ1v) is 10.3. The largest absolute Gasteiger partial charge is 0.473 e. The van der Waals surface area contributed by atoms with Crippen LogP contribution in [0.25, 0.3) is 0 Å². The number of ether oxygens (including phenoxy) is 2. The quantitative estimate of drug-likeness (QED) is 0.605. The van der Waals surface area contributed by atoms with E-state index in [4.69, 9.17) is 21.1 Å². The average molecular weight is 440 g/mol. The maximum atomic E-state index is 12.7. The monoisotopic (exact) mass is 439 g/mol. The Morgan fingerprint density at radius 3 is 2.74 bits per heavy atom. The first kappa shape index (κ1) is 21.0. The van der Waals surface area contributed by atoms with Crippen molar-refractivity contribution in [1.82, 2.24) is 20.3 Å². The zero-order valence-electron chi connectivity index (χ0n) is 16.8. The number of benzene rings is 1. The molecule has 1 aromatic carbocycles. The number of nitrogens with zero attached hydrogens (tertiary/aromatic N) is 4. The van der Waals surface area contributed by atoms with E-state index >= 15 is 0 Å². The number of rotatable bonds is 7. The average Bonchev–Trinajstić information content (AvgIpc) is 2.83. The summed E-state index contributed by atoms with van der Waals surface area (Å²) in [6.07, 6.45) is 3.10. The van der Waals surface area contributed by atoms with Crippen molar-refractivity contribution in [1.29, 1.82) is 0 Å². The van der Waals surface area contributed by atoms with Gasteiger partial charge in [-0.25, -0.2) is 15.0 Å². The lowest BCUT2D eigenvalue weighted by Crippen LogP contribution is -2.37. The molecule has 1 N–H and O–H groups in total. The lowest BCUT2D eigenvalue weighted by Gasteiger charge is -2.26. The van der Waals surface area contributed by atoms with E-state index in [-0.39, 0.29) is 23.2 Å². The van der Waals surface area contributed by atoms with Crippen molar-refractivity contribution in [3.63, 3.8) is 0 Å². The molecule has 4 rings (SSSR count). The summed E-state index contributed by atoms with van der Waals surface area (Å²) in [4.78, 5) is 27.5. The molecule has 31 heavy (non-hydrogen) atoms. The second kappa shape index (κ2) is 10.2. The van der Waals surface area contributed by atoms with Crippen LogP contribution in [-0.2, 0) is 17.9 Å². The number of aromatic nitrogens is 3. The normalized spacial score (nSPS) is 13.6. The third kappa shape index (κ3) is 5.68. The van der Waals surface area contributed by atoms with Crippen molar-refractivity contribution >= 4 is 23.5 Å². The minimum atomic E-state index is -0.370. The zero-order chi connectivity index (χ0) is 21.5. The van der Waals surface area contributed by atoms with Crippen molar-refractivity contribution in [2.24, 2.45) is 0 Å². The summed E-state index contributed by atoms with van der Waals surface area (Å²) in [5.74, 6) is 0.592. The number of nitrogens with one attached hydrogen (secondary N) is 1. The summed E-state index contributed by atoms with van der Waals surface area (Å²) in [7, 11) is 0. The summed E-state index contributed by atoms with van der Waals surface area (Å²) in [6.45, 7) is 3.26. The number of amides is 1. The highest BCUT2D eigenvalue weighted by atomic mass is 35.5. The number of hydrogen-bond acceptors (Lipinski definition) is 7. The number of morpholine rings is 1. The maximum Gasteiger partial charge on any atom is 0.271 e. The van der Waals surface area contributed by atoms with Crippen molar-refractivity contribution in [3.8, 4) is 5.88 Å². The van der Waals surface area contributed by atoms with Crippen LogP contribution in [0.15, 0.2) is 54.9 Å². The zero-order valence-corrected chi connectivity index (χ0v) is 17.6. The van der Waals surface area contributed by atoms with Crippen LogP contribution < -0.4 is 15.0 Å². The van der Waals surface area contributed by atoms with Crippen LogP contribution in [-0.4, -0.2) is 47.2 Å². The van der Waals surface area contributed by atoms with Gasteiger partial charge in [0.1, 0.15) is 6.61 Å². The minimum absolute atomic E-state index is 0.146. The molecule has 3 aromatic rings. The maximum absolute atomic E-state index is 12.7. The molecule has 9 heteroatoms. The Hall–Kier alpha value is -3.23. The van der Waals surface area contributed by atoms with Crippen LogP contribution in [0, 0.1) is 0 Å². The van der Waals surface area contributed by atoms with Crippen molar-refractivity contribution in [2.75, 3.05) is 31.2 Å². The lowest BCUT2D eigenvalue weighted by molar-refractivity contribution is 0.0945. The van der Waals surface area contributed by atoms with E-state index in [2.05, 4.69) is 20.3 Å². The van der Waals surface area contributed by atoms with Gasteiger partial charge < -0.3 is 19.7 Å². The standard InChI is InChI=1S/C22H22ClN5O3/c23-18-14-26-22(28-8-10-30-11-9-28)27-20(18)21(29)25-13-17-6-7-24-19(12-17)31-15-16-4-2-1-3-5-16/h1-7,12,14H,8-11,13,15H2,(H,25,29). The fourth-order valence-corrected chi connectivity index (χ4v) is 3.25. The van der Waals surface area contributed by atoms with Crippen LogP contribution in [0.1, 0.15) is 21.6 Å². The molecule has 1 fully saturated rings. The second-order valence-corrected chi connectivity index (χ2v) is 7.33. The molecular formula is C22H22ClN5O3. The van der Waals surface area contributed by atoms with E-state index in [1.165, 1.54) is 6.20 Å². The Kier molecular flexibility index (Phi) is 6.91. The van der Waals surface area contributed by atoms with Gasteiger partial charge in [0.25, 0.3) is 5.91 Å². The molecule has 0 radical (unpaired) electrons. The second-order valence-electron chi connectivity index (χ2n) is 6.93. The number of hydrogen-bond donors (Lipinski definition) is 1. The number of pyridine rings is 1. The highest BCUT2D eigenvalue weighted by Gasteiger charge is 2.19. The Bertz CT molecular complexity index is 1030. The molecule has 1 aliphatic rings. The van der Waals surface area contributed by atoms with Crippen LogP contribution in [0.4, 0.5) is 5.95 Å². The fraction of sp³-hybridized carbons (Fsp3) is 0.273. The van der Waals surface area contributed by atoms with Crippen molar-refractivity contribution in [3.05, 3.63) is 76.7 Å². The van der Waals surface area contributed by atoms with Crippen molar-refractivity contribution < 1.29 is 14.3 Å². The molecule has 0 spiro atoms. The predicted octanol–water partition coefficient (Wildman–Crippen LogP) is 2.87. The first-order valence-electron chi connectivity index (χ1n) is 9.94. The summed E-state index contributed by atoms with van der Waals surface area (Å²) in [6, 6.07) is 13.5. The third-order valence-electron chi connectivity index (χ3n) is 4.72. The Morgan fingerprint density at radius 2 is 1.94 bits per heavy atom. The molecule has 3 heterocycles. The molecule has 1 aliphatic heterocycles. The lowest BCUT2D eigenvalue weighted by atomic mass is 10.2. The molecule has 0 bridgehead atoms. The topological polar surface area (TPSA) is 89.5 Å². The molecule has 8 nitrogen and oxygen atoms in total. The molecule has 1 amide bonds. The fourth-order valence-electron chi connectivity index (χ4n) is 3.07. The van der Waals surface area contributed by atoms with Gasteiger partial charge in [-0.05, 0) is 17.2 Å². The van der Waals surface area contributed by atoms with Crippen LogP contribution in [0.5, 0.6) is 5.88 Å². The summed E-state index contributed by atoms with van der Waals surface area (Å²) < 4.78 is 11.1. The number of halogens is 1. The summed E-state index contributed by atoms with van der Waals surface area (Å²) >= 11 is 6.18. The molecule has 0 unspecified atom stereocenters. The Morgan fingerprint density at radius 1 is 1.13 bits per heavy atom. The number of anilines is 1. The van der Waals surface area contributed by atoms with E-state index in [1.807, 2.05) is 41.3 Å². The van der Waals surface area contributed by atoms with E-state index in [9.17, 15) is 4.79 Å². The van der Waals surface area contributed by atoms with Crippen LogP contribution in [0.2, 0.25) is 5.02 Å². The van der Waals surface area contributed by atoms with E-state index < -0.39 is 0 Å². The summed E-state index contributed by atoms with van der Waals surface area (Å²) in [5.41, 5.74) is 2.05. The smallest absolute Gasteiger partial charge is 0.271 e. The van der Waals surface area contributed by atoms with Gasteiger partial charge >= 0.3 is 0 Å². The van der Waals surface area contributed by atoms with E-state index in [0.29, 0.717) is 44.7 Å². The number of carbonyl (C=O) groups is 1. The molecule has 1 saturated heterocycles. The Labute approximate surface area is 185 Å². The van der Waals surface area contributed by atoms with Gasteiger partial charge in [0.2, 0.25) is 11.8 Å². The third-order valence-corrected chi connectivity index (χ3v) is 5.00. The van der Waals surface area contributed by atoms with Gasteiger partial charge in [0, 0.05) is 31.9 Å². The Balaban J connectivity index is 1.37. The van der Waals surface area contributed by atoms with Gasteiger partial charge in [-0.15, -0.1) is 0 Å². The first-order chi connectivity index (χ1) is 15.2. The van der Waals surface area contributed by atoms with Gasteiger partial charge in [-0.2, -0.15) is 0 Å². The molecule has 160 valence electrons.